The third-order valence-electron chi connectivity index (χ3n) is 7.62. The number of anilines is 3. The van der Waals surface area contributed by atoms with Crippen molar-refractivity contribution in [2.24, 2.45) is 0 Å². The lowest BCUT2D eigenvalue weighted by Gasteiger charge is -2.27. The van der Waals surface area contributed by atoms with Crippen LogP contribution in [-0.4, -0.2) is 59.6 Å². The van der Waals surface area contributed by atoms with Gasteiger partial charge in [0.2, 0.25) is 11.8 Å². The Kier molecular flexibility index (Phi) is 9.60. The van der Waals surface area contributed by atoms with Crippen molar-refractivity contribution in [1.82, 2.24) is 14.9 Å². The number of aromatic nitrogens is 2. The van der Waals surface area contributed by atoms with Crippen LogP contribution in [0.4, 0.5) is 26.7 Å². The molecule has 3 aromatic rings. The molecule has 2 atom stereocenters. The molecule has 0 radical (unpaired) electrons. The van der Waals surface area contributed by atoms with Gasteiger partial charge < -0.3 is 24.7 Å². The molecular formula is C30H32Cl2N6O6. The van der Waals surface area contributed by atoms with Crippen molar-refractivity contribution >= 4 is 64.3 Å². The number of amides is 4. The number of carbonyl (C=O) groups excluding carboxylic acids is 4. The Hall–Kier alpha value is -4.29. The van der Waals surface area contributed by atoms with Gasteiger partial charge in [0.1, 0.15) is 22.8 Å². The van der Waals surface area contributed by atoms with E-state index in [-0.39, 0.29) is 23.4 Å². The molecular weight excluding hydrogens is 611 g/mol. The van der Waals surface area contributed by atoms with E-state index in [1.165, 1.54) is 7.11 Å². The summed E-state index contributed by atoms with van der Waals surface area (Å²) in [5, 5.41) is 8.91. The van der Waals surface area contributed by atoms with Gasteiger partial charge in [-0.15, -0.1) is 0 Å². The zero-order valence-electron chi connectivity index (χ0n) is 24.2. The Bertz CT molecular complexity index is 1590. The number of nitrogens with one attached hydrogen (secondary N) is 4. The maximum Gasteiger partial charge on any atom is 0.412 e. The number of methoxy groups -OCH3 is 1. The SMILES string of the molecule is COC(=O)Nc1ccc2c(c1)NC(=O)CCCCC(C(=O)N(C)CCCC1OC(=O)Nc3ccc(Cl)cc31)c1nc-2c(Cl)[nH]1. The maximum atomic E-state index is 13.8. The molecule has 3 heterocycles. The van der Waals surface area contributed by atoms with Crippen molar-refractivity contribution in [1.29, 1.82) is 0 Å². The number of ether oxygens (including phenoxy) is 2. The molecule has 4 N–H and O–H groups in total. The molecule has 14 heteroatoms. The van der Waals surface area contributed by atoms with Crippen molar-refractivity contribution < 1.29 is 28.7 Å². The number of nitrogens with zero attached hydrogens (tertiary/aromatic N) is 2. The summed E-state index contributed by atoms with van der Waals surface area (Å²) in [7, 11) is 2.98. The Morgan fingerprint density at radius 3 is 2.73 bits per heavy atom. The van der Waals surface area contributed by atoms with Crippen LogP contribution in [0.1, 0.15) is 61.9 Å². The molecule has 0 fully saturated rings. The van der Waals surface area contributed by atoms with Crippen LogP contribution in [0, 0.1) is 0 Å². The fourth-order valence-corrected chi connectivity index (χ4v) is 5.81. The number of imidazole rings is 1. The largest absolute Gasteiger partial charge is 0.453 e. The first-order chi connectivity index (χ1) is 21.1. The van der Waals surface area contributed by atoms with E-state index < -0.39 is 24.2 Å². The summed E-state index contributed by atoms with van der Waals surface area (Å²) in [6.07, 6.45) is 1.27. The number of aromatic amines is 1. The van der Waals surface area contributed by atoms with Crippen molar-refractivity contribution in [3.8, 4) is 11.3 Å². The van der Waals surface area contributed by atoms with Crippen LogP contribution in [0.15, 0.2) is 36.4 Å². The molecule has 232 valence electrons. The predicted octanol–water partition coefficient (Wildman–Crippen LogP) is 6.70. The first-order valence-corrected chi connectivity index (χ1v) is 14.9. The highest BCUT2D eigenvalue weighted by Gasteiger charge is 2.30. The lowest BCUT2D eigenvalue weighted by atomic mass is 9.97. The number of H-pyrrole nitrogens is 1. The van der Waals surface area contributed by atoms with Gasteiger partial charge in [0.05, 0.1) is 24.4 Å². The van der Waals surface area contributed by atoms with E-state index in [0.717, 1.165) is 5.56 Å². The van der Waals surface area contributed by atoms with Crippen LogP contribution in [0.2, 0.25) is 10.2 Å². The zero-order chi connectivity index (χ0) is 31.4. The normalized spacial score (nSPS) is 17.8. The minimum Gasteiger partial charge on any atom is -0.453 e. The van der Waals surface area contributed by atoms with Crippen LogP contribution in [0.3, 0.4) is 0 Å². The van der Waals surface area contributed by atoms with E-state index in [9.17, 15) is 19.2 Å². The highest BCUT2D eigenvalue weighted by atomic mass is 35.5. The van der Waals surface area contributed by atoms with Gasteiger partial charge >= 0.3 is 12.2 Å². The van der Waals surface area contributed by atoms with Gasteiger partial charge in [0.15, 0.2) is 0 Å². The number of fused-ring (bicyclic) bond motifs is 5. The predicted molar refractivity (Wildman–Crippen MR) is 166 cm³/mol. The molecule has 44 heavy (non-hydrogen) atoms. The van der Waals surface area contributed by atoms with Crippen molar-refractivity contribution in [2.45, 2.75) is 50.5 Å². The van der Waals surface area contributed by atoms with E-state index in [1.807, 2.05) is 0 Å². The van der Waals surface area contributed by atoms with E-state index in [0.29, 0.717) is 77.8 Å². The second-order valence-corrected chi connectivity index (χ2v) is 11.5. The summed E-state index contributed by atoms with van der Waals surface area (Å²) in [5.41, 5.74) is 3.16. The average molecular weight is 644 g/mol. The van der Waals surface area contributed by atoms with Gasteiger partial charge in [-0.05, 0) is 62.1 Å². The van der Waals surface area contributed by atoms with Crippen LogP contribution >= 0.6 is 23.2 Å². The first kappa shape index (κ1) is 31.1. The molecule has 12 nitrogen and oxygen atoms in total. The number of hydrogen-bond donors (Lipinski definition) is 4. The number of halogens is 2. The fourth-order valence-electron chi connectivity index (χ4n) is 5.39. The summed E-state index contributed by atoms with van der Waals surface area (Å²) >= 11 is 12.8. The molecule has 4 amide bonds. The number of hydrogen-bond acceptors (Lipinski definition) is 7. The number of cyclic esters (lactones) is 1. The minimum absolute atomic E-state index is 0.146. The summed E-state index contributed by atoms with van der Waals surface area (Å²) in [5.74, 6) is -0.552. The summed E-state index contributed by atoms with van der Waals surface area (Å²) in [6, 6.07) is 10.1. The molecule has 2 aliphatic heterocycles. The van der Waals surface area contributed by atoms with Crippen LogP contribution in [-0.2, 0) is 19.1 Å². The number of benzene rings is 2. The number of likely N-dealkylation sites (N-methyl/N-ethyl adjacent to an activating group) is 1. The fraction of sp³-hybridized carbons (Fsp3) is 0.367. The molecule has 0 aliphatic carbocycles. The molecule has 2 unspecified atom stereocenters. The van der Waals surface area contributed by atoms with Crippen LogP contribution < -0.4 is 16.0 Å². The Morgan fingerprint density at radius 2 is 1.93 bits per heavy atom. The third kappa shape index (κ3) is 7.08. The monoisotopic (exact) mass is 642 g/mol. The van der Waals surface area contributed by atoms with Crippen LogP contribution in [0.5, 0.6) is 0 Å². The summed E-state index contributed by atoms with van der Waals surface area (Å²) in [4.78, 5) is 59.8. The molecule has 2 aromatic carbocycles. The lowest BCUT2D eigenvalue weighted by molar-refractivity contribution is -0.132. The minimum atomic E-state index is -0.652. The molecule has 5 rings (SSSR count). The molecule has 2 bridgehead atoms. The van der Waals surface area contributed by atoms with E-state index in [2.05, 4.69) is 25.7 Å². The van der Waals surface area contributed by atoms with E-state index >= 15 is 0 Å². The second-order valence-electron chi connectivity index (χ2n) is 10.7. The molecule has 2 aliphatic rings. The Morgan fingerprint density at radius 1 is 1.11 bits per heavy atom. The van der Waals surface area contributed by atoms with Gasteiger partial charge in [-0.2, -0.15) is 0 Å². The smallest absolute Gasteiger partial charge is 0.412 e. The standard InChI is InChI=1S/C30H32Cl2N6O6/c1-38(13-5-7-23-20-14-16(31)9-12-21(20)35-30(42)44-23)28(40)19-6-3-4-8-24(39)34-22-15-17(33-29(41)43-2)10-11-18(22)25-26(32)37-27(19)36-25/h9-12,14-15,19,23H,3-8,13H2,1-2H3,(H,33,41)(H,34,39)(H,35,42)(H,36,37). The van der Waals surface area contributed by atoms with Gasteiger partial charge in [-0.1, -0.05) is 29.6 Å². The van der Waals surface area contributed by atoms with Crippen molar-refractivity contribution in [3.63, 3.8) is 0 Å². The summed E-state index contributed by atoms with van der Waals surface area (Å²) < 4.78 is 10.2. The van der Waals surface area contributed by atoms with Gasteiger partial charge in [-0.25, -0.2) is 14.6 Å². The Labute approximate surface area is 263 Å². The Balaban J connectivity index is 1.33. The van der Waals surface area contributed by atoms with E-state index in [1.54, 1.807) is 48.3 Å². The van der Waals surface area contributed by atoms with Crippen LogP contribution in [0.25, 0.3) is 11.3 Å². The van der Waals surface area contributed by atoms with Crippen molar-refractivity contribution in [3.05, 3.63) is 58.0 Å². The highest BCUT2D eigenvalue weighted by Crippen LogP contribution is 2.38. The summed E-state index contributed by atoms with van der Waals surface area (Å²) in [6.45, 7) is 0.412. The second kappa shape index (κ2) is 13.6. The average Bonchev–Trinajstić information content (AvgIpc) is 3.37. The number of rotatable bonds is 6. The highest BCUT2D eigenvalue weighted by molar-refractivity contribution is 6.32. The topological polar surface area (TPSA) is 155 Å². The third-order valence-corrected chi connectivity index (χ3v) is 8.12. The maximum absolute atomic E-state index is 13.8. The quantitative estimate of drug-likeness (QED) is 0.233. The first-order valence-electron chi connectivity index (χ1n) is 14.2. The molecule has 0 saturated heterocycles. The van der Waals surface area contributed by atoms with Crippen molar-refractivity contribution in [2.75, 3.05) is 36.7 Å². The lowest BCUT2D eigenvalue weighted by Crippen LogP contribution is -2.33. The van der Waals surface area contributed by atoms with Gasteiger partial charge in [0.25, 0.3) is 0 Å². The molecule has 0 spiro atoms. The van der Waals surface area contributed by atoms with Gasteiger partial charge in [0, 0.05) is 41.9 Å². The van der Waals surface area contributed by atoms with Gasteiger partial charge in [-0.3, -0.25) is 20.2 Å². The number of carbonyl (C=O) groups is 4. The molecule has 0 saturated carbocycles. The zero-order valence-corrected chi connectivity index (χ0v) is 25.7. The van der Waals surface area contributed by atoms with E-state index in [4.69, 9.17) is 32.9 Å². The molecule has 1 aromatic heterocycles.